The van der Waals surface area contributed by atoms with E-state index in [0.717, 1.165) is 21.2 Å². The first kappa shape index (κ1) is 22.6. The summed E-state index contributed by atoms with van der Waals surface area (Å²) in [7, 11) is 0. The van der Waals surface area contributed by atoms with E-state index in [0.29, 0.717) is 10.6 Å². The molecule has 2 amide bonds. The van der Waals surface area contributed by atoms with Crippen LogP contribution in [0.2, 0.25) is 5.02 Å². The van der Waals surface area contributed by atoms with Crippen molar-refractivity contribution in [1.29, 1.82) is 0 Å². The summed E-state index contributed by atoms with van der Waals surface area (Å²) in [4.78, 5) is 40.1. The highest BCUT2D eigenvalue weighted by atomic mass is 35.5. The number of amides is 2. The van der Waals surface area contributed by atoms with E-state index in [1.165, 1.54) is 28.9 Å². The predicted octanol–water partition coefficient (Wildman–Crippen LogP) is 5.16. The van der Waals surface area contributed by atoms with Crippen molar-refractivity contribution in [2.75, 3.05) is 17.2 Å². The van der Waals surface area contributed by atoms with Crippen molar-refractivity contribution in [3.8, 4) is 0 Å². The quantitative estimate of drug-likeness (QED) is 0.372. The third kappa shape index (κ3) is 4.31. The van der Waals surface area contributed by atoms with Crippen molar-refractivity contribution in [3.05, 3.63) is 87.4 Å². The normalized spacial score (nSPS) is 16.7. The Morgan fingerprint density at radius 3 is 2.59 bits per heavy atom. The molecular weight excluding hydrogens is 496 g/mol. The van der Waals surface area contributed by atoms with Gasteiger partial charge in [-0.3, -0.25) is 25.1 Å². The number of hydrogen-bond donors (Lipinski definition) is 1. The SMILES string of the molecule is O=C(CN1c2ccccc2Sc2ccc(Cl)cc21)NN1C(=O)CSC1c1ccc([N+](=O)[O-])cc1. The number of fused-ring (bicyclic) bond motifs is 2. The third-order valence-corrected chi connectivity index (χ3v) is 7.97. The maximum atomic E-state index is 13.2. The molecule has 34 heavy (non-hydrogen) atoms. The molecule has 1 N–H and O–H groups in total. The average Bonchev–Trinajstić information content (AvgIpc) is 3.19. The van der Waals surface area contributed by atoms with Crippen LogP contribution < -0.4 is 10.3 Å². The molecule has 0 spiro atoms. The zero-order valence-electron chi connectivity index (χ0n) is 17.5. The maximum absolute atomic E-state index is 13.2. The minimum atomic E-state index is -0.477. The van der Waals surface area contributed by atoms with Gasteiger partial charge in [0.2, 0.25) is 0 Å². The first-order valence-electron chi connectivity index (χ1n) is 10.2. The monoisotopic (exact) mass is 512 g/mol. The number of carbonyl (C=O) groups is 2. The number of hydrogen-bond acceptors (Lipinski definition) is 7. The molecule has 2 aliphatic heterocycles. The fourth-order valence-electron chi connectivity index (χ4n) is 3.84. The van der Waals surface area contributed by atoms with Gasteiger partial charge in [0.25, 0.3) is 17.5 Å². The van der Waals surface area contributed by atoms with Crippen molar-refractivity contribution < 1.29 is 14.5 Å². The van der Waals surface area contributed by atoms with Gasteiger partial charge in [-0.15, -0.1) is 11.8 Å². The number of non-ortho nitro benzene ring substituents is 1. The third-order valence-electron chi connectivity index (χ3n) is 5.39. The summed E-state index contributed by atoms with van der Waals surface area (Å²) in [6.07, 6.45) is 0. The number of nitro groups is 1. The fourth-order valence-corrected chi connectivity index (χ4v) is 6.19. The van der Waals surface area contributed by atoms with E-state index in [1.807, 2.05) is 47.4 Å². The van der Waals surface area contributed by atoms with Crippen molar-refractivity contribution >= 4 is 64.0 Å². The molecule has 0 saturated carbocycles. The Balaban J connectivity index is 1.38. The average molecular weight is 513 g/mol. The molecule has 1 fully saturated rings. The molecule has 1 unspecified atom stereocenters. The summed E-state index contributed by atoms with van der Waals surface area (Å²) in [6, 6.07) is 19.3. The lowest BCUT2D eigenvalue weighted by Crippen LogP contribution is -2.48. The summed E-state index contributed by atoms with van der Waals surface area (Å²) in [5.74, 6) is -0.404. The van der Waals surface area contributed by atoms with Crippen LogP contribution in [0.25, 0.3) is 0 Å². The summed E-state index contributed by atoms with van der Waals surface area (Å²) in [5.41, 5.74) is 5.11. The molecule has 5 rings (SSSR count). The molecule has 1 saturated heterocycles. The van der Waals surface area contributed by atoms with E-state index >= 15 is 0 Å². The molecule has 2 heterocycles. The molecule has 0 aromatic heterocycles. The first-order chi connectivity index (χ1) is 16.4. The Labute approximate surface area is 208 Å². The van der Waals surface area contributed by atoms with Crippen molar-refractivity contribution in [3.63, 3.8) is 0 Å². The second-order valence-electron chi connectivity index (χ2n) is 7.58. The van der Waals surface area contributed by atoms with E-state index in [9.17, 15) is 19.7 Å². The van der Waals surface area contributed by atoms with Crippen LogP contribution >= 0.6 is 35.1 Å². The van der Waals surface area contributed by atoms with E-state index < -0.39 is 10.3 Å². The minimum Gasteiger partial charge on any atom is -0.330 e. The predicted molar refractivity (Wildman–Crippen MR) is 132 cm³/mol. The Morgan fingerprint density at radius 2 is 1.82 bits per heavy atom. The first-order valence-corrected chi connectivity index (χ1v) is 12.5. The van der Waals surface area contributed by atoms with E-state index in [-0.39, 0.29) is 29.8 Å². The van der Waals surface area contributed by atoms with Gasteiger partial charge in [0.05, 0.1) is 22.1 Å². The molecule has 8 nitrogen and oxygen atoms in total. The highest BCUT2D eigenvalue weighted by molar-refractivity contribution is 8.00. The summed E-state index contributed by atoms with van der Waals surface area (Å²) < 4.78 is 0. The van der Waals surface area contributed by atoms with Crippen LogP contribution in [0, 0.1) is 10.1 Å². The van der Waals surface area contributed by atoms with Crippen LogP contribution in [-0.4, -0.2) is 34.0 Å². The molecular formula is C23H17ClN4O4S2. The second-order valence-corrected chi connectivity index (χ2v) is 10.2. The van der Waals surface area contributed by atoms with Gasteiger partial charge in [-0.1, -0.05) is 35.5 Å². The second kappa shape index (κ2) is 9.21. The number of halogens is 1. The number of anilines is 2. The van der Waals surface area contributed by atoms with Gasteiger partial charge >= 0.3 is 0 Å². The Hall–Kier alpha value is -3.21. The van der Waals surface area contributed by atoms with Crippen LogP contribution in [0.5, 0.6) is 0 Å². The number of thioether (sulfide) groups is 1. The maximum Gasteiger partial charge on any atom is 0.269 e. The zero-order valence-corrected chi connectivity index (χ0v) is 19.9. The van der Waals surface area contributed by atoms with Crippen molar-refractivity contribution in [2.24, 2.45) is 0 Å². The van der Waals surface area contributed by atoms with Crippen molar-refractivity contribution in [2.45, 2.75) is 15.2 Å². The summed E-state index contributed by atoms with van der Waals surface area (Å²) in [6.45, 7) is -0.0215. The molecule has 0 radical (unpaired) electrons. The summed E-state index contributed by atoms with van der Waals surface area (Å²) >= 11 is 9.20. The topological polar surface area (TPSA) is 95.8 Å². The zero-order chi connectivity index (χ0) is 23.8. The molecule has 1 atom stereocenters. The number of hydrazine groups is 1. The van der Waals surface area contributed by atoms with Crippen LogP contribution in [0.15, 0.2) is 76.5 Å². The number of para-hydroxylation sites is 1. The lowest BCUT2D eigenvalue weighted by Gasteiger charge is -2.33. The molecule has 3 aromatic carbocycles. The van der Waals surface area contributed by atoms with Crippen LogP contribution in [0.1, 0.15) is 10.9 Å². The van der Waals surface area contributed by atoms with E-state index in [1.54, 1.807) is 23.9 Å². The smallest absolute Gasteiger partial charge is 0.269 e. The number of nitro benzene ring substituents is 1. The van der Waals surface area contributed by atoms with Crippen LogP contribution in [0.3, 0.4) is 0 Å². The van der Waals surface area contributed by atoms with Gasteiger partial charge in [0.15, 0.2) is 0 Å². The number of carbonyl (C=O) groups excluding carboxylic acids is 2. The molecule has 0 aliphatic carbocycles. The molecule has 11 heteroatoms. The van der Waals surface area contributed by atoms with Gasteiger partial charge in [0, 0.05) is 26.9 Å². The molecule has 3 aromatic rings. The highest BCUT2D eigenvalue weighted by Gasteiger charge is 2.35. The Bertz CT molecular complexity index is 1300. The van der Waals surface area contributed by atoms with E-state index in [4.69, 9.17) is 11.6 Å². The van der Waals surface area contributed by atoms with Gasteiger partial charge in [0.1, 0.15) is 11.9 Å². The van der Waals surface area contributed by atoms with Gasteiger partial charge in [-0.05, 0) is 48.0 Å². The van der Waals surface area contributed by atoms with Crippen LogP contribution in [-0.2, 0) is 9.59 Å². The summed E-state index contributed by atoms with van der Waals surface area (Å²) in [5, 5.41) is 12.3. The van der Waals surface area contributed by atoms with E-state index in [2.05, 4.69) is 5.43 Å². The lowest BCUT2D eigenvalue weighted by molar-refractivity contribution is -0.384. The lowest BCUT2D eigenvalue weighted by atomic mass is 10.2. The number of nitrogens with one attached hydrogen (secondary N) is 1. The largest absolute Gasteiger partial charge is 0.330 e. The molecule has 0 bridgehead atoms. The van der Waals surface area contributed by atoms with Crippen LogP contribution in [0.4, 0.5) is 17.1 Å². The molecule has 2 aliphatic rings. The Morgan fingerprint density at radius 1 is 1.09 bits per heavy atom. The minimum absolute atomic E-state index is 0.0215. The highest BCUT2D eigenvalue weighted by Crippen LogP contribution is 2.48. The van der Waals surface area contributed by atoms with Gasteiger partial charge in [-0.25, -0.2) is 5.01 Å². The Kier molecular flexibility index (Phi) is 6.11. The van der Waals surface area contributed by atoms with Gasteiger partial charge < -0.3 is 4.90 Å². The number of nitrogens with zero attached hydrogens (tertiary/aromatic N) is 3. The molecule has 172 valence electrons. The number of benzene rings is 3. The van der Waals surface area contributed by atoms with Gasteiger partial charge in [-0.2, -0.15) is 0 Å². The fraction of sp³-hybridized carbons (Fsp3) is 0.130. The van der Waals surface area contributed by atoms with Crippen molar-refractivity contribution in [1.82, 2.24) is 10.4 Å². The number of rotatable bonds is 5. The standard InChI is InChI=1S/C23H17ClN4O4S2/c24-15-7-10-20-18(11-15)26(17-3-1-2-4-19(17)34-20)12-21(29)25-27-22(30)13-33-23(27)14-5-8-16(9-6-14)28(31)32/h1-11,23H,12-13H2,(H,25,29).